The topological polar surface area (TPSA) is 54.0 Å². The van der Waals surface area contributed by atoms with Crippen LogP contribution in [0.2, 0.25) is 0 Å². The molecule has 0 fully saturated rings. The van der Waals surface area contributed by atoms with E-state index in [4.69, 9.17) is 0 Å². The van der Waals surface area contributed by atoms with Crippen molar-refractivity contribution < 1.29 is 22.4 Å². The first kappa shape index (κ1) is 13.8. The minimum absolute atomic E-state index is 0.144. The molecule has 0 unspecified atom stereocenters. The van der Waals surface area contributed by atoms with Crippen LogP contribution in [0, 0.1) is 23.5 Å². The lowest BCUT2D eigenvalue weighted by molar-refractivity contribution is 0.262. The van der Waals surface area contributed by atoms with E-state index in [1.54, 1.807) is 0 Å². The highest BCUT2D eigenvalue weighted by molar-refractivity contribution is 5.99. The number of pyridine rings is 1. The van der Waals surface area contributed by atoms with Crippen molar-refractivity contribution in [3.05, 3.63) is 53.9 Å². The number of anilines is 2. The van der Waals surface area contributed by atoms with Gasteiger partial charge in [-0.1, -0.05) is 0 Å². The van der Waals surface area contributed by atoms with E-state index in [1.165, 1.54) is 0 Å². The summed E-state index contributed by atoms with van der Waals surface area (Å²) in [5.41, 5.74) is -0.334. The molecule has 0 spiro atoms. The third-order valence-electron chi connectivity index (χ3n) is 2.14. The fraction of sp³-hybridized carbons (Fsp3) is 0. The summed E-state index contributed by atoms with van der Waals surface area (Å²) in [7, 11) is 0. The van der Waals surface area contributed by atoms with Crippen LogP contribution in [-0.2, 0) is 0 Å². The van der Waals surface area contributed by atoms with Crippen molar-refractivity contribution in [2.45, 2.75) is 0 Å². The molecule has 20 heavy (non-hydrogen) atoms. The first-order valence-corrected chi connectivity index (χ1v) is 5.29. The molecule has 0 radical (unpaired) electrons. The Hall–Kier alpha value is -2.64. The Labute approximate surface area is 110 Å². The average molecular weight is 285 g/mol. The maximum atomic E-state index is 12.9. The van der Waals surface area contributed by atoms with Gasteiger partial charge in [-0.2, -0.15) is 13.8 Å². The number of urea groups is 1. The van der Waals surface area contributed by atoms with Gasteiger partial charge < -0.3 is 10.6 Å². The monoisotopic (exact) mass is 285 g/mol. The number of hydrogen-bond donors (Lipinski definition) is 2. The molecular formula is C12H7F4N3O. The smallest absolute Gasteiger partial charge is 0.308 e. The van der Waals surface area contributed by atoms with E-state index in [-0.39, 0.29) is 11.4 Å². The Morgan fingerprint density at radius 1 is 0.800 bits per heavy atom. The third kappa shape index (κ3) is 3.67. The van der Waals surface area contributed by atoms with Gasteiger partial charge in [0, 0.05) is 23.9 Å². The van der Waals surface area contributed by atoms with Gasteiger partial charge in [0.1, 0.15) is 11.6 Å². The lowest BCUT2D eigenvalue weighted by Crippen LogP contribution is -2.20. The van der Waals surface area contributed by atoms with Gasteiger partial charge in [-0.15, -0.1) is 0 Å². The minimum Gasteiger partial charge on any atom is -0.308 e. The second-order valence-electron chi connectivity index (χ2n) is 3.74. The molecule has 2 N–H and O–H groups in total. The van der Waals surface area contributed by atoms with Gasteiger partial charge >= 0.3 is 6.03 Å². The molecule has 0 saturated heterocycles. The molecule has 4 nitrogen and oxygen atoms in total. The molecule has 8 heteroatoms. The van der Waals surface area contributed by atoms with Gasteiger partial charge in [-0.3, -0.25) is 0 Å². The van der Waals surface area contributed by atoms with E-state index in [9.17, 15) is 22.4 Å². The maximum absolute atomic E-state index is 12.9. The lowest BCUT2D eigenvalue weighted by Gasteiger charge is -2.08. The zero-order valence-corrected chi connectivity index (χ0v) is 9.75. The van der Waals surface area contributed by atoms with Crippen molar-refractivity contribution in [3.8, 4) is 0 Å². The number of nitrogens with zero attached hydrogens (tertiary/aromatic N) is 1. The van der Waals surface area contributed by atoms with Crippen LogP contribution < -0.4 is 10.6 Å². The fourth-order valence-corrected chi connectivity index (χ4v) is 1.46. The van der Waals surface area contributed by atoms with E-state index >= 15 is 0 Å². The van der Waals surface area contributed by atoms with Crippen LogP contribution in [-0.4, -0.2) is 11.0 Å². The van der Waals surface area contributed by atoms with E-state index < -0.39 is 29.6 Å². The standard InChI is InChI=1S/C12H7F4N3O/c13-6-1-7(14)3-8(2-6)17-12(20)18-9-4-10(15)19-11(16)5-9/h1-5H,(H2,17,18,19,20). The lowest BCUT2D eigenvalue weighted by atomic mass is 10.3. The number of hydrogen-bond acceptors (Lipinski definition) is 2. The zero-order chi connectivity index (χ0) is 14.7. The molecule has 104 valence electrons. The molecule has 1 aromatic heterocycles. The molecule has 0 atom stereocenters. The minimum atomic E-state index is -1.11. The highest BCUT2D eigenvalue weighted by Gasteiger charge is 2.08. The zero-order valence-electron chi connectivity index (χ0n) is 9.75. The van der Waals surface area contributed by atoms with E-state index in [0.717, 1.165) is 24.3 Å². The number of amides is 2. The van der Waals surface area contributed by atoms with Gasteiger partial charge in [0.25, 0.3) is 0 Å². The summed E-state index contributed by atoms with van der Waals surface area (Å²) >= 11 is 0. The second-order valence-corrected chi connectivity index (χ2v) is 3.74. The molecule has 0 aliphatic heterocycles. The van der Waals surface area contributed by atoms with Gasteiger partial charge in [0.05, 0.1) is 5.69 Å². The Morgan fingerprint density at radius 3 is 1.75 bits per heavy atom. The summed E-state index contributed by atoms with van der Waals surface area (Å²) in [6, 6.07) is 3.06. The van der Waals surface area contributed by atoms with Crippen LogP contribution in [0.25, 0.3) is 0 Å². The highest BCUT2D eigenvalue weighted by Crippen LogP contribution is 2.14. The number of benzene rings is 1. The molecular weight excluding hydrogens is 278 g/mol. The number of carbonyl (C=O) groups is 1. The average Bonchev–Trinajstić information content (AvgIpc) is 2.24. The van der Waals surface area contributed by atoms with Crippen LogP contribution in [0.5, 0.6) is 0 Å². The first-order valence-electron chi connectivity index (χ1n) is 5.29. The van der Waals surface area contributed by atoms with Gasteiger partial charge in [-0.05, 0) is 12.1 Å². The molecule has 2 amide bonds. The number of aromatic nitrogens is 1. The Balaban J connectivity index is 2.08. The van der Waals surface area contributed by atoms with Crippen LogP contribution >= 0.6 is 0 Å². The number of rotatable bonds is 2. The van der Waals surface area contributed by atoms with Gasteiger partial charge in [0.15, 0.2) is 0 Å². The van der Waals surface area contributed by atoms with Crippen LogP contribution in [0.4, 0.5) is 33.7 Å². The molecule has 0 aliphatic carbocycles. The molecule has 1 heterocycles. The molecule has 2 aromatic rings. The van der Waals surface area contributed by atoms with Crippen molar-refractivity contribution in [2.24, 2.45) is 0 Å². The quantitative estimate of drug-likeness (QED) is 0.657. The maximum Gasteiger partial charge on any atom is 0.323 e. The summed E-state index contributed by atoms with van der Waals surface area (Å²) in [5.74, 6) is -3.98. The second kappa shape index (κ2) is 5.55. The Bertz CT molecular complexity index is 567. The Kier molecular flexibility index (Phi) is 3.83. The summed E-state index contributed by atoms with van der Waals surface area (Å²) < 4.78 is 51.4. The Morgan fingerprint density at radius 2 is 1.25 bits per heavy atom. The SMILES string of the molecule is O=C(Nc1cc(F)cc(F)c1)Nc1cc(F)nc(F)c1. The number of halogens is 4. The van der Waals surface area contributed by atoms with Crippen LogP contribution in [0.3, 0.4) is 0 Å². The summed E-state index contributed by atoms with van der Waals surface area (Å²) in [5, 5.41) is 4.21. The molecule has 0 saturated carbocycles. The van der Waals surface area contributed by atoms with Gasteiger partial charge in [-0.25, -0.2) is 13.6 Å². The van der Waals surface area contributed by atoms with E-state index in [1.807, 2.05) is 0 Å². The van der Waals surface area contributed by atoms with Crippen LogP contribution in [0.1, 0.15) is 0 Å². The predicted molar refractivity (Wildman–Crippen MR) is 63.2 cm³/mol. The normalized spacial score (nSPS) is 10.2. The van der Waals surface area contributed by atoms with Crippen molar-refractivity contribution >= 4 is 17.4 Å². The summed E-state index contributed by atoms with van der Waals surface area (Å²) in [6.45, 7) is 0. The van der Waals surface area contributed by atoms with Crippen LogP contribution in [0.15, 0.2) is 30.3 Å². The third-order valence-corrected chi connectivity index (χ3v) is 2.14. The molecule has 0 aliphatic rings. The summed E-state index contributed by atoms with van der Waals surface area (Å²) in [4.78, 5) is 14.3. The number of carbonyl (C=O) groups excluding carboxylic acids is 1. The molecule has 0 bridgehead atoms. The fourth-order valence-electron chi connectivity index (χ4n) is 1.46. The van der Waals surface area contributed by atoms with Crippen molar-refractivity contribution in [2.75, 3.05) is 10.6 Å². The molecule has 2 rings (SSSR count). The molecule has 1 aromatic carbocycles. The predicted octanol–water partition coefficient (Wildman–Crippen LogP) is 3.28. The van der Waals surface area contributed by atoms with Crippen molar-refractivity contribution in [1.29, 1.82) is 0 Å². The highest BCUT2D eigenvalue weighted by atomic mass is 19.1. The largest absolute Gasteiger partial charge is 0.323 e. The van der Waals surface area contributed by atoms with Crippen molar-refractivity contribution in [3.63, 3.8) is 0 Å². The first-order chi connectivity index (χ1) is 9.42. The summed E-state index contributed by atoms with van der Waals surface area (Å²) in [6.07, 6.45) is 0. The number of nitrogens with one attached hydrogen (secondary N) is 2. The van der Waals surface area contributed by atoms with E-state index in [0.29, 0.717) is 6.07 Å². The van der Waals surface area contributed by atoms with Crippen molar-refractivity contribution in [1.82, 2.24) is 4.98 Å². The van der Waals surface area contributed by atoms with E-state index in [2.05, 4.69) is 15.6 Å². The van der Waals surface area contributed by atoms with Gasteiger partial charge in [0.2, 0.25) is 11.9 Å².